The zero-order chi connectivity index (χ0) is 21.1. The SMILES string of the molecule is N#Cc1c(SCC(=O)c2ccc(Br)cc2)nc2c(c1-c1ccc(Br)cc1)CCCC2. The Kier molecular flexibility index (Phi) is 6.72. The number of hydrogen-bond acceptors (Lipinski definition) is 4. The third-order valence-corrected chi connectivity index (χ3v) is 7.22. The number of thioether (sulfide) groups is 1. The number of pyridine rings is 1. The topological polar surface area (TPSA) is 53.8 Å². The highest BCUT2D eigenvalue weighted by Crippen LogP contribution is 2.38. The molecule has 30 heavy (non-hydrogen) atoms. The number of carbonyl (C=O) groups is 1. The molecule has 0 amide bonds. The smallest absolute Gasteiger partial charge is 0.173 e. The number of nitriles is 1. The van der Waals surface area contributed by atoms with Gasteiger partial charge in [0.15, 0.2) is 5.78 Å². The van der Waals surface area contributed by atoms with E-state index in [4.69, 9.17) is 4.98 Å². The molecule has 3 aromatic rings. The molecule has 1 aromatic heterocycles. The largest absolute Gasteiger partial charge is 0.293 e. The van der Waals surface area contributed by atoms with Crippen LogP contribution in [0, 0.1) is 11.3 Å². The molecule has 0 fully saturated rings. The number of aryl methyl sites for hydroxylation is 1. The molecular weight excluding hydrogens is 524 g/mol. The Labute approximate surface area is 197 Å². The van der Waals surface area contributed by atoms with E-state index in [0.29, 0.717) is 16.2 Å². The minimum atomic E-state index is 0.0288. The lowest BCUT2D eigenvalue weighted by atomic mass is 9.87. The summed E-state index contributed by atoms with van der Waals surface area (Å²) in [6.45, 7) is 0. The van der Waals surface area contributed by atoms with Crippen molar-refractivity contribution in [3.63, 3.8) is 0 Å². The molecule has 0 aliphatic heterocycles. The summed E-state index contributed by atoms with van der Waals surface area (Å²) in [6.07, 6.45) is 4.06. The fourth-order valence-electron chi connectivity index (χ4n) is 3.71. The molecule has 6 heteroatoms. The highest BCUT2D eigenvalue weighted by Gasteiger charge is 2.23. The molecule has 1 heterocycles. The van der Waals surface area contributed by atoms with Crippen LogP contribution in [0.3, 0.4) is 0 Å². The maximum atomic E-state index is 12.7. The van der Waals surface area contributed by atoms with Crippen molar-refractivity contribution in [3.05, 3.63) is 79.9 Å². The van der Waals surface area contributed by atoms with Gasteiger partial charge < -0.3 is 0 Å². The van der Waals surface area contributed by atoms with Crippen LogP contribution in [0.1, 0.15) is 40.0 Å². The monoisotopic (exact) mass is 540 g/mol. The summed E-state index contributed by atoms with van der Waals surface area (Å²) in [5, 5.41) is 10.7. The number of halogens is 2. The Hall–Kier alpha value is -1.94. The molecule has 0 radical (unpaired) electrons. The lowest BCUT2D eigenvalue weighted by molar-refractivity contribution is 0.102. The summed E-state index contributed by atoms with van der Waals surface area (Å²) in [7, 11) is 0. The standard InChI is InChI=1S/C24H18Br2N2OS/c25-17-9-5-15(6-10-17)22(29)14-30-24-20(13-27)23(16-7-11-18(26)12-8-16)19-3-1-2-4-21(19)28-24/h5-12H,1-4,14H2. The summed E-state index contributed by atoms with van der Waals surface area (Å²) in [5.74, 6) is 0.281. The molecule has 0 saturated carbocycles. The molecule has 0 atom stereocenters. The number of rotatable bonds is 5. The van der Waals surface area contributed by atoms with E-state index in [-0.39, 0.29) is 11.5 Å². The lowest BCUT2D eigenvalue weighted by Crippen LogP contribution is -2.11. The molecular formula is C24H18Br2N2OS. The number of ketones is 1. The first-order valence-electron chi connectivity index (χ1n) is 9.70. The van der Waals surface area contributed by atoms with Gasteiger partial charge >= 0.3 is 0 Å². The second-order valence-corrected chi connectivity index (χ2v) is 9.93. The molecule has 0 unspecified atom stereocenters. The van der Waals surface area contributed by atoms with Crippen molar-refractivity contribution in [1.29, 1.82) is 5.26 Å². The number of hydrogen-bond donors (Lipinski definition) is 0. The second-order valence-electron chi connectivity index (χ2n) is 7.14. The van der Waals surface area contributed by atoms with Crippen LogP contribution in [-0.2, 0) is 12.8 Å². The predicted octanol–water partition coefficient (Wildman–Crippen LogP) is 7.00. The Morgan fingerprint density at radius 3 is 2.30 bits per heavy atom. The molecule has 0 bridgehead atoms. The Bertz CT molecular complexity index is 1140. The van der Waals surface area contributed by atoms with E-state index in [9.17, 15) is 10.1 Å². The van der Waals surface area contributed by atoms with Crippen LogP contribution in [-0.4, -0.2) is 16.5 Å². The molecule has 3 nitrogen and oxygen atoms in total. The van der Waals surface area contributed by atoms with Gasteiger partial charge in [-0.05, 0) is 61.1 Å². The Balaban J connectivity index is 1.72. The van der Waals surface area contributed by atoms with E-state index < -0.39 is 0 Å². The van der Waals surface area contributed by atoms with Crippen LogP contribution in [0.4, 0.5) is 0 Å². The maximum absolute atomic E-state index is 12.7. The van der Waals surface area contributed by atoms with Gasteiger partial charge in [0.25, 0.3) is 0 Å². The van der Waals surface area contributed by atoms with Crippen molar-refractivity contribution in [1.82, 2.24) is 4.98 Å². The van der Waals surface area contributed by atoms with Gasteiger partial charge in [-0.25, -0.2) is 4.98 Å². The van der Waals surface area contributed by atoms with Crippen LogP contribution < -0.4 is 0 Å². The van der Waals surface area contributed by atoms with Crippen molar-refractivity contribution in [2.75, 3.05) is 5.75 Å². The molecule has 4 rings (SSSR count). The number of benzene rings is 2. The number of Topliss-reactive ketones (excluding diaryl/α,β-unsaturated/α-hetero) is 1. The number of aromatic nitrogens is 1. The van der Waals surface area contributed by atoms with E-state index in [0.717, 1.165) is 51.4 Å². The number of nitrogens with zero attached hydrogens (tertiary/aromatic N) is 2. The van der Waals surface area contributed by atoms with Crippen molar-refractivity contribution in [2.24, 2.45) is 0 Å². The van der Waals surface area contributed by atoms with Crippen molar-refractivity contribution in [2.45, 2.75) is 30.7 Å². The van der Waals surface area contributed by atoms with E-state index in [2.05, 4.69) is 37.9 Å². The summed E-state index contributed by atoms with van der Waals surface area (Å²) < 4.78 is 1.94. The molecule has 1 aliphatic rings. The zero-order valence-corrected chi connectivity index (χ0v) is 20.1. The first kappa shape index (κ1) is 21.3. The quantitative estimate of drug-likeness (QED) is 0.258. The lowest BCUT2D eigenvalue weighted by Gasteiger charge is -2.22. The zero-order valence-electron chi connectivity index (χ0n) is 16.1. The van der Waals surface area contributed by atoms with Gasteiger partial charge in [0.05, 0.1) is 11.3 Å². The van der Waals surface area contributed by atoms with E-state index in [1.807, 2.05) is 48.5 Å². The summed E-state index contributed by atoms with van der Waals surface area (Å²) >= 11 is 8.24. The van der Waals surface area contributed by atoms with Crippen LogP contribution in [0.5, 0.6) is 0 Å². The van der Waals surface area contributed by atoms with Gasteiger partial charge in [-0.3, -0.25) is 4.79 Å². The van der Waals surface area contributed by atoms with Crippen LogP contribution in [0.25, 0.3) is 11.1 Å². The molecule has 0 saturated heterocycles. The number of carbonyl (C=O) groups excluding carboxylic acids is 1. The fourth-order valence-corrected chi connectivity index (χ4v) is 5.14. The van der Waals surface area contributed by atoms with Gasteiger partial charge in [0.2, 0.25) is 0 Å². The summed E-state index contributed by atoms with van der Waals surface area (Å²) in [5.41, 5.74) is 5.49. The minimum absolute atomic E-state index is 0.0288. The molecule has 150 valence electrons. The van der Waals surface area contributed by atoms with Crippen LogP contribution in [0.15, 0.2) is 62.5 Å². The fraction of sp³-hybridized carbons (Fsp3) is 0.208. The van der Waals surface area contributed by atoms with Gasteiger partial charge in [0, 0.05) is 25.8 Å². The maximum Gasteiger partial charge on any atom is 0.173 e. The van der Waals surface area contributed by atoms with Crippen molar-refractivity contribution in [3.8, 4) is 17.2 Å². The van der Waals surface area contributed by atoms with E-state index in [1.165, 1.54) is 17.3 Å². The number of fused-ring (bicyclic) bond motifs is 1. The van der Waals surface area contributed by atoms with Gasteiger partial charge in [-0.15, -0.1) is 0 Å². The molecule has 0 N–H and O–H groups in total. The van der Waals surface area contributed by atoms with Gasteiger partial charge in [-0.2, -0.15) is 5.26 Å². The third kappa shape index (κ3) is 4.54. The first-order valence-corrected chi connectivity index (χ1v) is 12.3. The van der Waals surface area contributed by atoms with E-state index >= 15 is 0 Å². The van der Waals surface area contributed by atoms with Gasteiger partial charge in [-0.1, -0.05) is 67.9 Å². The summed E-state index contributed by atoms with van der Waals surface area (Å²) in [6, 6.07) is 17.8. The molecule has 1 aliphatic carbocycles. The van der Waals surface area contributed by atoms with Crippen LogP contribution >= 0.6 is 43.6 Å². The third-order valence-electron chi connectivity index (χ3n) is 5.19. The highest BCUT2D eigenvalue weighted by atomic mass is 79.9. The second kappa shape index (κ2) is 9.47. The van der Waals surface area contributed by atoms with Crippen molar-refractivity contribution >= 4 is 49.4 Å². The average Bonchev–Trinajstić information content (AvgIpc) is 2.77. The Morgan fingerprint density at radius 1 is 1.00 bits per heavy atom. The molecule has 0 spiro atoms. The highest BCUT2D eigenvalue weighted by molar-refractivity contribution is 9.10. The van der Waals surface area contributed by atoms with Crippen LogP contribution in [0.2, 0.25) is 0 Å². The predicted molar refractivity (Wildman–Crippen MR) is 128 cm³/mol. The first-order chi connectivity index (χ1) is 14.6. The summed E-state index contributed by atoms with van der Waals surface area (Å²) in [4.78, 5) is 17.5. The molecule has 2 aromatic carbocycles. The normalized spacial score (nSPS) is 12.8. The van der Waals surface area contributed by atoms with Gasteiger partial charge in [0.1, 0.15) is 11.1 Å². The van der Waals surface area contributed by atoms with Crippen molar-refractivity contribution < 1.29 is 4.79 Å². The average molecular weight is 542 g/mol. The Morgan fingerprint density at radius 2 is 1.63 bits per heavy atom. The van der Waals surface area contributed by atoms with E-state index in [1.54, 1.807) is 0 Å². The minimum Gasteiger partial charge on any atom is -0.293 e.